The van der Waals surface area contributed by atoms with Gasteiger partial charge in [0.25, 0.3) is 11.1 Å². The lowest BCUT2D eigenvalue weighted by Gasteiger charge is -2.11. The Kier molecular flexibility index (Phi) is 5.71. The van der Waals surface area contributed by atoms with Gasteiger partial charge in [0, 0.05) is 0 Å². The third-order valence-electron chi connectivity index (χ3n) is 3.47. The second-order valence-electron chi connectivity index (χ2n) is 5.27. The van der Waals surface area contributed by atoms with Gasteiger partial charge in [-0.1, -0.05) is 54.1 Å². The molecule has 0 aromatic heterocycles. The highest BCUT2D eigenvalue weighted by Gasteiger charge is 2.36. The van der Waals surface area contributed by atoms with Crippen LogP contribution in [0.25, 0.3) is 6.08 Å². The molecule has 0 spiro atoms. The highest BCUT2D eigenvalue weighted by Crippen LogP contribution is 2.38. The quantitative estimate of drug-likeness (QED) is 0.465. The molecule has 1 heterocycles. The smallest absolute Gasteiger partial charge is 0.298 e. The van der Waals surface area contributed by atoms with E-state index in [0.29, 0.717) is 32.0 Å². The molecule has 1 aliphatic heterocycles. The van der Waals surface area contributed by atoms with E-state index in [9.17, 15) is 9.59 Å². The number of imide groups is 1. The third-order valence-corrected chi connectivity index (χ3v) is 4.90. The van der Waals surface area contributed by atoms with E-state index in [0.717, 1.165) is 16.7 Å². The van der Waals surface area contributed by atoms with Crippen molar-refractivity contribution in [3.8, 4) is 5.75 Å². The molecule has 1 saturated heterocycles. The molecule has 3 rings (SSSR count). The molecule has 0 bridgehead atoms. The molecule has 0 aliphatic carbocycles. The van der Waals surface area contributed by atoms with Gasteiger partial charge in [-0.15, -0.1) is 0 Å². The highest BCUT2D eigenvalue weighted by atomic mass is 35.5. The summed E-state index contributed by atoms with van der Waals surface area (Å²) in [6.07, 6.45) is 3.17. The SMILES string of the molecule is C=CCOc1c(Cl)cc(C=C2SC(=O)N(c3ccccc3)C2=O)cc1Cl. The zero-order chi connectivity index (χ0) is 18.7. The Labute approximate surface area is 165 Å². The molecule has 2 aromatic rings. The van der Waals surface area contributed by atoms with Gasteiger partial charge in [0.05, 0.1) is 20.6 Å². The summed E-state index contributed by atoms with van der Waals surface area (Å²) < 4.78 is 5.42. The predicted octanol–water partition coefficient (Wildman–Crippen LogP) is 5.80. The maximum atomic E-state index is 12.6. The Hall–Kier alpha value is -2.21. The summed E-state index contributed by atoms with van der Waals surface area (Å²) in [5.41, 5.74) is 1.13. The van der Waals surface area contributed by atoms with Gasteiger partial charge in [-0.3, -0.25) is 9.59 Å². The highest BCUT2D eigenvalue weighted by molar-refractivity contribution is 8.19. The summed E-state index contributed by atoms with van der Waals surface area (Å²) >= 11 is 13.3. The van der Waals surface area contributed by atoms with Gasteiger partial charge in [0.2, 0.25) is 0 Å². The molecule has 2 aromatic carbocycles. The Bertz CT molecular complexity index is 889. The number of carbonyl (C=O) groups is 2. The molecule has 7 heteroatoms. The Balaban J connectivity index is 1.90. The molecular formula is C19H13Cl2NO3S. The Morgan fingerprint density at radius 3 is 2.38 bits per heavy atom. The summed E-state index contributed by atoms with van der Waals surface area (Å²) in [4.78, 5) is 26.3. The monoisotopic (exact) mass is 405 g/mol. The van der Waals surface area contributed by atoms with Crippen molar-refractivity contribution in [3.63, 3.8) is 0 Å². The molecule has 0 atom stereocenters. The molecular weight excluding hydrogens is 393 g/mol. The minimum absolute atomic E-state index is 0.273. The summed E-state index contributed by atoms with van der Waals surface area (Å²) in [6.45, 7) is 3.84. The minimum Gasteiger partial charge on any atom is -0.486 e. The fourth-order valence-corrected chi connectivity index (χ4v) is 3.82. The van der Waals surface area contributed by atoms with Crippen LogP contribution >= 0.6 is 35.0 Å². The maximum absolute atomic E-state index is 12.6. The molecule has 2 amide bonds. The van der Waals surface area contributed by atoms with Gasteiger partial charge in [0.1, 0.15) is 6.61 Å². The van der Waals surface area contributed by atoms with E-state index >= 15 is 0 Å². The number of halogens is 2. The molecule has 0 radical (unpaired) electrons. The number of anilines is 1. The molecule has 0 saturated carbocycles. The van der Waals surface area contributed by atoms with Crippen molar-refractivity contribution in [2.75, 3.05) is 11.5 Å². The summed E-state index contributed by atoms with van der Waals surface area (Å²) in [6, 6.07) is 12.0. The van der Waals surface area contributed by atoms with E-state index in [-0.39, 0.29) is 17.8 Å². The van der Waals surface area contributed by atoms with Gasteiger partial charge < -0.3 is 4.74 Å². The standard InChI is InChI=1S/C19H13Cl2NO3S/c1-2-8-25-17-14(20)9-12(10-15(17)21)11-16-18(23)22(19(24)26-16)13-6-4-3-5-7-13/h2-7,9-11H,1,8H2. The van der Waals surface area contributed by atoms with Crippen LogP contribution in [0.5, 0.6) is 5.75 Å². The summed E-state index contributed by atoms with van der Waals surface area (Å²) in [7, 11) is 0. The fraction of sp³-hybridized carbons (Fsp3) is 0.0526. The van der Waals surface area contributed by atoms with Crippen molar-refractivity contribution in [1.82, 2.24) is 0 Å². The van der Waals surface area contributed by atoms with Crippen molar-refractivity contribution < 1.29 is 14.3 Å². The van der Waals surface area contributed by atoms with Crippen LogP contribution in [0, 0.1) is 0 Å². The molecule has 1 fully saturated rings. The van der Waals surface area contributed by atoms with Crippen molar-refractivity contribution in [2.45, 2.75) is 0 Å². The Morgan fingerprint density at radius 1 is 1.12 bits per heavy atom. The minimum atomic E-state index is -0.384. The number of amides is 2. The van der Waals surface area contributed by atoms with Gasteiger partial charge in [-0.25, -0.2) is 4.90 Å². The van der Waals surface area contributed by atoms with Crippen LogP contribution in [0.15, 0.2) is 60.0 Å². The molecule has 1 aliphatic rings. The summed E-state index contributed by atoms with van der Waals surface area (Å²) in [5, 5.41) is 0.274. The average molecular weight is 406 g/mol. The topological polar surface area (TPSA) is 46.6 Å². The maximum Gasteiger partial charge on any atom is 0.298 e. The van der Waals surface area contributed by atoms with Crippen molar-refractivity contribution in [1.29, 1.82) is 0 Å². The first kappa shape index (κ1) is 18.6. The zero-order valence-electron chi connectivity index (χ0n) is 13.4. The van der Waals surface area contributed by atoms with E-state index in [1.165, 1.54) is 0 Å². The van der Waals surface area contributed by atoms with Crippen LogP contribution in [-0.4, -0.2) is 17.8 Å². The van der Waals surface area contributed by atoms with Crippen molar-refractivity contribution in [2.24, 2.45) is 0 Å². The molecule has 132 valence electrons. The van der Waals surface area contributed by atoms with Crippen LogP contribution in [0.3, 0.4) is 0 Å². The number of benzene rings is 2. The number of rotatable bonds is 5. The van der Waals surface area contributed by atoms with E-state index in [1.807, 2.05) is 6.07 Å². The number of carbonyl (C=O) groups excluding carboxylic acids is 2. The van der Waals surface area contributed by atoms with Gasteiger partial charge in [-0.05, 0) is 47.7 Å². The first-order chi connectivity index (χ1) is 12.5. The number of hydrogen-bond donors (Lipinski definition) is 0. The number of hydrogen-bond acceptors (Lipinski definition) is 4. The van der Waals surface area contributed by atoms with E-state index in [1.54, 1.807) is 48.6 Å². The largest absolute Gasteiger partial charge is 0.486 e. The second kappa shape index (κ2) is 7.99. The molecule has 4 nitrogen and oxygen atoms in total. The van der Waals surface area contributed by atoms with Crippen molar-refractivity contribution in [3.05, 3.63) is 75.6 Å². The molecule has 26 heavy (non-hydrogen) atoms. The van der Waals surface area contributed by atoms with E-state index in [2.05, 4.69) is 6.58 Å². The van der Waals surface area contributed by atoms with Crippen LogP contribution in [0.2, 0.25) is 10.0 Å². The lowest BCUT2D eigenvalue weighted by Crippen LogP contribution is -2.27. The van der Waals surface area contributed by atoms with Gasteiger partial charge in [-0.2, -0.15) is 0 Å². The first-order valence-corrected chi connectivity index (χ1v) is 9.14. The van der Waals surface area contributed by atoms with E-state index < -0.39 is 0 Å². The number of para-hydroxylation sites is 1. The average Bonchev–Trinajstić information content (AvgIpc) is 2.88. The predicted molar refractivity (Wildman–Crippen MR) is 107 cm³/mol. The zero-order valence-corrected chi connectivity index (χ0v) is 15.8. The summed E-state index contributed by atoms with van der Waals surface area (Å²) in [5.74, 6) is -0.0341. The van der Waals surface area contributed by atoms with Crippen LogP contribution in [0.4, 0.5) is 10.5 Å². The first-order valence-electron chi connectivity index (χ1n) is 7.57. The van der Waals surface area contributed by atoms with Gasteiger partial charge >= 0.3 is 0 Å². The molecule has 0 N–H and O–H groups in total. The van der Waals surface area contributed by atoms with Crippen LogP contribution < -0.4 is 9.64 Å². The number of thioether (sulfide) groups is 1. The Morgan fingerprint density at radius 2 is 1.77 bits per heavy atom. The van der Waals surface area contributed by atoms with E-state index in [4.69, 9.17) is 27.9 Å². The lowest BCUT2D eigenvalue weighted by molar-refractivity contribution is -0.113. The lowest BCUT2D eigenvalue weighted by atomic mass is 10.2. The van der Waals surface area contributed by atoms with Crippen LogP contribution in [-0.2, 0) is 4.79 Å². The normalized spacial score (nSPS) is 15.6. The van der Waals surface area contributed by atoms with Gasteiger partial charge in [0.15, 0.2) is 5.75 Å². The fourth-order valence-electron chi connectivity index (χ4n) is 2.36. The second-order valence-corrected chi connectivity index (χ2v) is 7.07. The number of nitrogens with zero attached hydrogens (tertiary/aromatic N) is 1. The molecule has 0 unspecified atom stereocenters. The van der Waals surface area contributed by atoms with Crippen LogP contribution in [0.1, 0.15) is 5.56 Å². The third kappa shape index (κ3) is 3.80. The van der Waals surface area contributed by atoms with Crippen molar-refractivity contribution >= 4 is 57.9 Å². The number of ether oxygens (including phenoxy) is 1.